The number of aromatic nitrogens is 1. The molecule has 0 bridgehead atoms. The Balaban J connectivity index is 1.66. The molecule has 8 nitrogen and oxygen atoms in total. The van der Waals surface area contributed by atoms with E-state index in [0.717, 1.165) is 24.5 Å². The number of morpholine rings is 1. The number of nitrogens with zero attached hydrogens (tertiary/aromatic N) is 2. The fourth-order valence-corrected chi connectivity index (χ4v) is 2.98. The van der Waals surface area contributed by atoms with E-state index < -0.39 is 0 Å². The van der Waals surface area contributed by atoms with Crippen molar-refractivity contribution in [1.82, 2.24) is 10.3 Å². The largest absolute Gasteiger partial charge is 0.496 e. The molecule has 150 valence electrons. The Morgan fingerprint density at radius 3 is 2.36 bits per heavy atom. The summed E-state index contributed by atoms with van der Waals surface area (Å²) >= 11 is 0. The Hall–Kier alpha value is -3.00. The molecule has 0 saturated carbocycles. The van der Waals surface area contributed by atoms with Gasteiger partial charge in [0.15, 0.2) is 11.5 Å². The Labute approximate surface area is 164 Å². The molecule has 2 heterocycles. The molecule has 0 spiro atoms. The van der Waals surface area contributed by atoms with E-state index in [1.165, 1.54) is 21.3 Å². The van der Waals surface area contributed by atoms with E-state index in [2.05, 4.69) is 15.2 Å². The van der Waals surface area contributed by atoms with Crippen LogP contribution in [0.5, 0.6) is 17.2 Å². The van der Waals surface area contributed by atoms with Crippen LogP contribution in [-0.2, 0) is 11.3 Å². The highest BCUT2D eigenvalue weighted by molar-refractivity contribution is 5.97. The van der Waals surface area contributed by atoms with Gasteiger partial charge in [-0.3, -0.25) is 4.79 Å². The molecule has 1 fully saturated rings. The molecule has 28 heavy (non-hydrogen) atoms. The van der Waals surface area contributed by atoms with E-state index in [0.29, 0.717) is 42.6 Å². The van der Waals surface area contributed by atoms with Crippen LogP contribution in [0.25, 0.3) is 0 Å². The van der Waals surface area contributed by atoms with E-state index in [-0.39, 0.29) is 5.91 Å². The highest BCUT2D eigenvalue weighted by Crippen LogP contribution is 2.34. The number of methoxy groups -OCH3 is 3. The second kappa shape index (κ2) is 9.27. The van der Waals surface area contributed by atoms with E-state index in [9.17, 15) is 4.79 Å². The summed E-state index contributed by atoms with van der Waals surface area (Å²) in [4.78, 5) is 19.3. The molecule has 1 aliphatic rings. The number of carbonyl (C=O) groups excluding carboxylic acids is 1. The lowest BCUT2D eigenvalue weighted by molar-refractivity contribution is 0.0947. The van der Waals surface area contributed by atoms with E-state index in [4.69, 9.17) is 18.9 Å². The molecule has 8 heteroatoms. The molecule has 3 rings (SSSR count). The lowest BCUT2D eigenvalue weighted by Crippen LogP contribution is -2.36. The number of pyridine rings is 1. The third-order valence-corrected chi connectivity index (χ3v) is 4.55. The third-order valence-electron chi connectivity index (χ3n) is 4.55. The summed E-state index contributed by atoms with van der Waals surface area (Å²) in [5, 5.41) is 2.89. The summed E-state index contributed by atoms with van der Waals surface area (Å²) in [6.07, 6.45) is 1.77. The minimum absolute atomic E-state index is 0.268. The van der Waals surface area contributed by atoms with Gasteiger partial charge in [0.05, 0.1) is 40.1 Å². The van der Waals surface area contributed by atoms with E-state index in [1.807, 2.05) is 12.1 Å². The average Bonchev–Trinajstić information content (AvgIpc) is 2.77. The van der Waals surface area contributed by atoms with Gasteiger partial charge in [0.1, 0.15) is 11.6 Å². The average molecular weight is 387 g/mol. The van der Waals surface area contributed by atoms with Crippen molar-refractivity contribution in [1.29, 1.82) is 0 Å². The van der Waals surface area contributed by atoms with Crippen LogP contribution in [0.3, 0.4) is 0 Å². The summed E-state index contributed by atoms with van der Waals surface area (Å²) in [5.74, 6) is 2.02. The molecule has 0 radical (unpaired) electrons. The van der Waals surface area contributed by atoms with Crippen LogP contribution in [0, 0.1) is 0 Å². The molecule has 0 aliphatic carbocycles. The summed E-state index contributed by atoms with van der Waals surface area (Å²) in [6.45, 7) is 3.45. The highest BCUT2D eigenvalue weighted by Gasteiger charge is 2.18. The van der Waals surface area contributed by atoms with Gasteiger partial charge in [-0.2, -0.15) is 0 Å². The summed E-state index contributed by atoms with van der Waals surface area (Å²) in [6, 6.07) is 7.16. The van der Waals surface area contributed by atoms with Gasteiger partial charge in [-0.05, 0) is 11.6 Å². The van der Waals surface area contributed by atoms with Gasteiger partial charge in [-0.15, -0.1) is 0 Å². The number of hydrogen-bond donors (Lipinski definition) is 1. The van der Waals surface area contributed by atoms with Crippen LogP contribution in [0.1, 0.15) is 15.9 Å². The summed E-state index contributed by atoms with van der Waals surface area (Å²) < 4.78 is 21.2. The van der Waals surface area contributed by atoms with Crippen molar-refractivity contribution in [3.63, 3.8) is 0 Å². The Morgan fingerprint density at radius 1 is 1.07 bits per heavy atom. The SMILES string of the molecule is COc1cc(OC)c(C(=O)NCc2ccc(N3CCOCC3)nc2)cc1OC. The fraction of sp³-hybridized carbons (Fsp3) is 0.400. The Morgan fingerprint density at radius 2 is 1.75 bits per heavy atom. The number of hydrogen-bond acceptors (Lipinski definition) is 7. The van der Waals surface area contributed by atoms with Gasteiger partial charge >= 0.3 is 0 Å². The van der Waals surface area contributed by atoms with Crippen LogP contribution in [0.4, 0.5) is 5.82 Å². The molecule has 1 N–H and O–H groups in total. The molecule has 0 atom stereocenters. The second-order valence-corrected chi connectivity index (χ2v) is 6.21. The zero-order valence-corrected chi connectivity index (χ0v) is 16.4. The molecule has 1 saturated heterocycles. The zero-order valence-electron chi connectivity index (χ0n) is 16.4. The molecule has 2 aromatic rings. The molecule has 1 aliphatic heterocycles. The van der Waals surface area contributed by atoms with Crippen molar-refractivity contribution >= 4 is 11.7 Å². The number of anilines is 1. The number of amides is 1. The molecule has 0 unspecified atom stereocenters. The van der Waals surface area contributed by atoms with Crippen molar-refractivity contribution in [2.24, 2.45) is 0 Å². The Bertz CT molecular complexity index is 804. The van der Waals surface area contributed by atoms with Crippen LogP contribution < -0.4 is 24.4 Å². The molecular weight excluding hydrogens is 362 g/mol. The monoisotopic (exact) mass is 387 g/mol. The fourth-order valence-electron chi connectivity index (χ4n) is 2.98. The van der Waals surface area contributed by atoms with Crippen LogP contribution >= 0.6 is 0 Å². The molecular formula is C20H25N3O5. The molecule has 1 aromatic carbocycles. The highest BCUT2D eigenvalue weighted by atomic mass is 16.5. The lowest BCUT2D eigenvalue weighted by Gasteiger charge is -2.27. The standard InChI is InChI=1S/C20H25N3O5/c1-25-16-11-18(27-3)17(26-2)10-15(16)20(24)22-13-14-4-5-19(21-12-14)23-6-8-28-9-7-23/h4-5,10-12H,6-9,13H2,1-3H3,(H,22,24). The number of benzene rings is 1. The van der Waals surface area contributed by atoms with Gasteiger partial charge in [0, 0.05) is 38.0 Å². The van der Waals surface area contributed by atoms with E-state index >= 15 is 0 Å². The van der Waals surface area contributed by atoms with Crippen LogP contribution in [0.15, 0.2) is 30.5 Å². The van der Waals surface area contributed by atoms with Crippen LogP contribution in [0.2, 0.25) is 0 Å². The number of carbonyl (C=O) groups is 1. The summed E-state index contributed by atoms with van der Waals surface area (Å²) in [5.41, 5.74) is 1.28. The van der Waals surface area contributed by atoms with Gasteiger partial charge in [0.2, 0.25) is 0 Å². The maximum atomic E-state index is 12.6. The first-order valence-electron chi connectivity index (χ1n) is 9.02. The smallest absolute Gasteiger partial charge is 0.255 e. The first-order valence-corrected chi connectivity index (χ1v) is 9.02. The summed E-state index contributed by atoms with van der Waals surface area (Å²) in [7, 11) is 4.56. The first kappa shape index (κ1) is 19.8. The quantitative estimate of drug-likeness (QED) is 0.777. The number of nitrogens with one attached hydrogen (secondary N) is 1. The number of ether oxygens (including phenoxy) is 4. The minimum Gasteiger partial charge on any atom is -0.496 e. The zero-order chi connectivity index (χ0) is 19.9. The van der Waals surface area contributed by atoms with Gasteiger partial charge in [0.25, 0.3) is 5.91 Å². The van der Waals surface area contributed by atoms with Crippen molar-refractivity contribution in [3.8, 4) is 17.2 Å². The van der Waals surface area contributed by atoms with Gasteiger partial charge in [-0.1, -0.05) is 6.07 Å². The number of rotatable bonds is 7. The maximum Gasteiger partial charge on any atom is 0.255 e. The van der Waals surface area contributed by atoms with Crippen molar-refractivity contribution in [2.45, 2.75) is 6.54 Å². The van der Waals surface area contributed by atoms with Crippen molar-refractivity contribution < 1.29 is 23.7 Å². The predicted octanol–water partition coefficient (Wildman–Crippen LogP) is 1.87. The van der Waals surface area contributed by atoms with Gasteiger partial charge < -0.3 is 29.2 Å². The molecule has 1 amide bonds. The second-order valence-electron chi connectivity index (χ2n) is 6.21. The predicted molar refractivity (Wildman–Crippen MR) is 105 cm³/mol. The van der Waals surface area contributed by atoms with Crippen molar-refractivity contribution in [3.05, 3.63) is 41.6 Å². The third kappa shape index (κ3) is 4.45. The minimum atomic E-state index is -0.268. The first-order chi connectivity index (χ1) is 13.7. The van der Waals surface area contributed by atoms with E-state index in [1.54, 1.807) is 18.3 Å². The van der Waals surface area contributed by atoms with Crippen molar-refractivity contribution in [2.75, 3.05) is 52.5 Å². The van der Waals surface area contributed by atoms with Crippen LogP contribution in [-0.4, -0.2) is 58.5 Å². The maximum absolute atomic E-state index is 12.6. The molecule has 1 aromatic heterocycles. The normalized spacial score (nSPS) is 13.8. The topological polar surface area (TPSA) is 82.2 Å². The lowest BCUT2D eigenvalue weighted by atomic mass is 10.1. The van der Waals surface area contributed by atoms with Gasteiger partial charge in [-0.25, -0.2) is 4.98 Å². The Kier molecular flexibility index (Phi) is 6.54.